The molecule has 1 fully saturated rings. The number of benzene rings is 1. The first-order valence-electron chi connectivity index (χ1n) is 9.42. The summed E-state index contributed by atoms with van der Waals surface area (Å²) in [6.45, 7) is 8.90. The minimum atomic E-state index is -0.295. The number of carbonyl (C=O) groups is 3. The number of rotatable bonds is 6. The number of amides is 3. The minimum absolute atomic E-state index is 0.0186. The van der Waals surface area contributed by atoms with Crippen molar-refractivity contribution >= 4 is 17.7 Å². The maximum atomic E-state index is 12.5. The van der Waals surface area contributed by atoms with E-state index in [4.69, 9.17) is 0 Å². The number of hydrogen-bond donors (Lipinski definition) is 0. The van der Waals surface area contributed by atoms with Crippen LogP contribution < -0.4 is 0 Å². The highest BCUT2D eigenvalue weighted by molar-refractivity contribution is 6.21. The lowest BCUT2D eigenvalue weighted by atomic mass is 10.1. The highest BCUT2D eigenvalue weighted by Crippen LogP contribution is 2.22. The average molecular weight is 357 g/mol. The van der Waals surface area contributed by atoms with Crippen LogP contribution in [-0.4, -0.2) is 71.7 Å². The van der Waals surface area contributed by atoms with Crippen LogP contribution in [0.1, 0.15) is 47.4 Å². The van der Waals surface area contributed by atoms with Crippen LogP contribution >= 0.6 is 0 Å². The third-order valence-corrected chi connectivity index (χ3v) is 5.18. The van der Waals surface area contributed by atoms with Gasteiger partial charge in [0.15, 0.2) is 0 Å². The van der Waals surface area contributed by atoms with Gasteiger partial charge in [0.2, 0.25) is 5.91 Å². The molecular formula is C20H27N3O3. The van der Waals surface area contributed by atoms with Crippen molar-refractivity contribution in [3.63, 3.8) is 0 Å². The predicted octanol–water partition coefficient (Wildman–Crippen LogP) is 1.86. The highest BCUT2D eigenvalue weighted by atomic mass is 16.2. The first-order chi connectivity index (χ1) is 12.5. The van der Waals surface area contributed by atoms with Gasteiger partial charge in [-0.25, -0.2) is 0 Å². The monoisotopic (exact) mass is 357 g/mol. The van der Waals surface area contributed by atoms with E-state index in [0.717, 1.165) is 32.7 Å². The Morgan fingerprint density at radius 2 is 1.54 bits per heavy atom. The zero-order valence-corrected chi connectivity index (χ0v) is 15.6. The summed E-state index contributed by atoms with van der Waals surface area (Å²) in [4.78, 5) is 42.6. The normalized spacial score (nSPS) is 18.0. The zero-order valence-electron chi connectivity index (χ0n) is 15.6. The molecule has 2 heterocycles. The summed E-state index contributed by atoms with van der Waals surface area (Å²) in [5.74, 6) is 0.119. The van der Waals surface area contributed by atoms with E-state index in [1.807, 2.05) is 4.90 Å². The van der Waals surface area contributed by atoms with Crippen molar-refractivity contribution in [2.45, 2.75) is 26.7 Å². The molecule has 1 aromatic rings. The van der Waals surface area contributed by atoms with E-state index < -0.39 is 0 Å². The molecule has 0 aromatic heterocycles. The molecule has 140 valence electrons. The fourth-order valence-corrected chi connectivity index (χ4v) is 3.47. The zero-order chi connectivity index (χ0) is 18.7. The first kappa shape index (κ1) is 18.6. The Hall–Kier alpha value is -2.21. The van der Waals surface area contributed by atoms with Gasteiger partial charge in [-0.3, -0.25) is 24.2 Å². The van der Waals surface area contributed by atoms with Gasteiger partial charge in [-0.1, -0.05) is 26.0 Å². The molecule has 1 saturated heterocycles. The SMILES string of the molecule is CC(C)CCN1CCN(C(=O)CCN2C(=O)c3ccccc3C2=O)CC1. The van der Waals surface area contributed by atoms with E-state index in [1.54, 1.807) is 24.3 Å². The van der Waals surface area contributed by atoms with Crippen molar-refractivity contribution in [3.8, 4) is 0 Å². The lowest BCUT2D eigenvalue weighted by molar-refractivity contribution is -0.133. The molecule has 0 spiro atoms. The molecule has 0 N–H and O–H groups in total. The van der Waals surface area contributed by atoms with Gasteiger partial charge in [0.05, 0.1) is 11.1 Å². The van der Waals surface area contributed by atoms with Crippen LogP contribution in [-0.2, 0) is 4.79 Å². The van der Waals surface area contributed by atoms with E-state index in [0.29, 0.717) is 17.0 Å². The lowest BCUT2D eigenvalue weighted by Gasteiger charge is -2.35. The van der Waals surface area contributed by atoms with Gasteiger partial charge in [-0.2, -0.15) is 0 Å². The number of hydrogen-bond acceptors (Lipinski definition) is 4. The summed E-state index contributed by atoms with van der Waals surface area (Å²) in [7, 11) is 0. The molecule has 6 heteroatoms. The number of imide groups is 1. The molecule has 0 aliphatic carbocycles. The van der Waals surface area contributed by atoms with Crippen molar-refractivity contribution in [1.82, 2.24) is 14.7 Å². The smallest absolute Gasteiger partial charge is 0.261 e. The molecule has 0 bridgehead atoms. The topological polar surface area (TPSA) is 60.9 Å². The molecule has 2 aliphatic heterocycles. The molecule has 26 heavy (non-hydrogen) atoms. The second-order valence-corrected chi connectivity index (χ2v) is 7.46. The number of fused-ring (bicyclic) bond motifs is 1. The average Bonchev–Trinajstić information content (AvgIpc) is 2.89. The van der Waals surface area contributed by atoms with Crippen molar-refractivity contribution in [3.05, 3.63) is 35.4 Å². The van der Waals surface area contributed by atoms with Crippen LogP contribution in [0.25, 0.3) is 0 Å². The van der Waals surface area contributed by atoms with Crippen LogP contribution in [0.15, 0.2) is 24.3 Å². The first-order valence-corrected chi connectivity index (χ1v) is 9.42. The fraction of sp³-hybridized carbons (Fsp3) is 0.550. The quantitative estimate of drug-likeness (QED) is 0.729. The van der Waals surface area contributed by atoms with Crippen LogP contribution in [0.5, 0.6) is 0 Å². The van der Waals surface area contributed by atoms with Crippen LogP contribution in [0.4, 0.5) is 0 Å². The van der Waals surface area contributed by atoms with Gasteiger partial charge in [-0.05, 0) is 31.0 Å². The van der Waals surface area contributed by atoms with Crippen LogP contribution in [0, 0.1) is 5.92 Å². The Morgan fingerprint density at radius 3 is 2.08 bits per heavy atom. The van der Waals surface area contributed by atoms with E-state index in [9.17, 15) is 14.4 Å². The van der Waals surface area contributed by atoms with E-state index in [-0.39, 0.29) is 30.7 Å². The molecule has 0 saturated carbocycles. The summed E-state index contributed by atoms with van der Waals surface area (Å²) >= 11 is 0. The van der Waals surface area contributed by atoms with Gasteiger partial charge in [0, 0.05) is 39.1 Å². The Kier molecular flexibility index (Phi) is 5.71. The fourth-order valence-electron chi connectivity index (χ4n) is 3.47. The molecule has 0 unspecified atom stereocenters. The van der Waals surface area contributed by atoms with Crippen molar-refractivity contribution < 1.29 is 14.4 Å². The molecule has 0 radical (unpaired) electrons. The summed E-state index contributed by atoms with van der Waals surface area (Å²) in [5.41, 5.74) is 0.868. The van der Waals surface area contributed by atoms with Crippen LogP contribution in [0.3, 0.4) is 0 Å². The second-order valence-electron chi connectivity index (χ2n) is 7.46. The third-order valence-electron chi connectivity index (χ3n) is 5.18. The Labute approximate surface area is 154 Å². The number of nitrogens with zero attached hydrogens (tertiary/aromatic N) is 3. The summed E-state index contributed by atoms with van der Waals surface area (Å²) < 4.78 is 0. The van der Waals surface area contributed by atoms with E-state index >= 15 is 0 Å². The van der Waals surface area contributed by atoms with Gasteiger partial charge in [-0.15, -0.1) is 0 Å². The van der Waals surface area contributed by atoms with Gasteiger partial charge in [0.1, 0.15) is 0 Å². The standard InChI is InChI=1S/C20H27N3O3/c1-15(2)7-9-21-11-13-22(14-12-21)18(24)8-10-23-19(25)16-5-3-4-6-17(16)20(23)26/h3-6,15H,7-14H2,1-2H3. The molecule has 3 amide bonds. The highest BCUT2D eigenvalue weighted by Gasteiger charge is 2.35. The second kappa shape index (κ2) is 7.99. The van der Waals surface area contributed by atoms with Gasteiger partial charge in [0.25, 0.3) is 11.8 Å². The van der Waals surface area contributed by atoms with E-state index in [2.05, 4.69) is 18.7 Å². The van der Waals surface area contributed by atoms with Crippen molar-refractivity contribution in [2.24, 2.45) is 5.92 Å². The summed E-state index contributed by atoms with van der Waals surface area (Å²) in [5, 5.41) is 0. The maximum Gasteiger partial charge on any atom is 0.261 e. The molecule has 2 aliphatic rings. The largest absolute Gasteiger partial charge is 0.340 e. The summed E-state index contributed by atoms with van der Waals surface area (Å²) in [6, 6.07) is 6.82. The van der Waals surface area contributed by atoms with Gasteiger partial charge < -0.3 is 4.90 Å². The molecule has 0 atom stereocenters. The Morgan fingerprint density at radius 1 is 0.962 bits per heavy atom. The number of piperazine rings is 1. The maximum absolute atomic E-state index is 12.5. The third kappa shape index (κ3) is 3.96. The van der Waals surface area contributed by atoms with E-state index in [1.165, 1.54) is 11.3 Å². The molecular weight excluding hydrogens is 330 g/mol. The molecule has 1 aromatic carbocycles. The molecule has 6 nitrogen and oxygen atoms in total. The number of carbonyl (C=O) groups excluding carboxylic acids is 3. The molecule has 3 rings (SSSR count). The minimum Gasteiger partial charge on any atom is -0.340 e. The van der Waals surface area contributed by atoms with Crippen molar-refractivity contribution in [2.75, 3.05) is 39.3 Å². The Balaban J connectivity index is 1.47. The van der Waals surface area contributed by atoms with Crippen LogP contribution in [0.2, 0.25) is 0 Å². The van der Waals surface area contributed by atoms with Crippen molar-refractivity contribution in [1.29, 1.82) is 0 Å². The lowest BCUT2D eigenvalue weighted by Crippen LogP contribution is -2.49. The Bertz CT molecular complexity index is 658. The van der Waals surface area contributed by atoms with Gasteiger partial charge >= 0.3 is 0 Å². The summed E-state index contributed by atoms with van der Waals surface area (Å²) in [6.07, 6.45) is 1.37. The predicted molar refractivity (Wildman–Crippen MR) is 98.9 cm³/mol.